The van der Waals surface area contributed by atoms with Crippen molar-refractivity contribution in [1.82, 2.24) is 14.9 Å². The van der Waals surface area contributed by atoms with E-state index < -0.39 is 0 Å². The van der Waals surface area contributed by atoms with Gasteiger partial charge < -0.3 is 9.47 Å². The number of benzene rings is 2. The van der Waals surface area contributed by atoms with E-state index in [1.165, 1.54) is 0 Å². The zero-order valence-electron chi connectivity index (χ0n) is 15.7. The number of hydrogen-bond donors (Lipinski definition) is 1. The van der Waals surface area contributed by atoms with Gasteiger partial charge in [0.25, 0.3) is 0 Å². The first-order valence-electron chi connectivity index (χ1n) is 8.88. The van der Waals surface area contributed by atoms with Crippen LogP contribution in [0.3, 0.4) is 0 Å². The van der Waals surface area contributed by atoms with Crippen LogP contribution >= 0.6 is 23.8 Å². The highest BCUT2D eigenvalue weighted by Gasteiger charge is 2.11. The van der Waals surface area contributed by atoms with E-state index in [-0.39, 0.29) is 0 Å². The van der Waals surface area contributed by atoms with E-state index in [9.17, 15) is 0 Å². The van der Waals surface area contributed by atoms with Gasteiger partial charge in [0.15, 0.2) is 17.3 Å². The molecule has 0 aliphatic carbocycles. The molecule has 0 radical (unpaired) electrons. The van der Waals surface area contributed by atoms with Crippen molar-refractivity contribution in [3.8, 4) is 11.5 Å². The molecule has 146 valence electrons. The monoisotopic (exact) mass is 416 g/mol. The molecule has 0 aliphatic rings. The van der Waals surface area contributed by atoms with Crippen LogP contribution in [-0.4, -0.2) is 28.2 Å². The highest BCUT2D eigenvalue weighted by molar-refractivity contribution is 7.71. The van der Waals surface area contributed by atoms with Crippen LogP contribution in [0.4, 0.5) is 0 Å². The Morgan fingerprint density at radius 3 is 2.82 bits per heavy atom. The van der Waals surface area contributed by atoms with Crippen LogP contribution < -0.4 is 9.47 Å². The summed E-state index contributed by atoms with van der Waals surface area (Å²) in [5.41, 5.74) is 1.65. The minimum Gasteiger partial charge on any atom is -0.493 e. The number of aromatic amines is 1. The molecule has 0 unspecified atom stereocenters. The van der Waals surface area contributed by atoms with Crippen molar-refractivity contribution in [3.05, 3.63) is 69.2 Å². The van der Waals surface area contributed by atoms with Gasteiger partial charge in [-0.05, 0) is 36.8 Å². The summed E-state index contributed by atoms with van der Waals surface area (Å²) < 4.78 is 13.6. The number of hydrogen-bond acceptors (Lipinski definition) is 5. The first-order valence-corrected chi connectivity index (χ1v) is 9.66. The number of nitrogens with one attached hydrogen (secondary N) is 1. The van der Waals surface area contributed by atoms with E-state index >= 15 is 0 Å². The third-order valence-corrected chi connectivity index (χ3v) is 4.70. The highest BCUT2D eigenvalue weighted by Crippen LogP contribution is 2.31. The first kappa shape index (κ1) is 20.1. The van der Waals surface area contributed by atoms with Gasteiger partial charge in [-0.2, -0.15) is 14.9 Å². The van der Waals surface area contributed by atoms with Crippen molar-refractivity contribution < 1.29 is 9.47 Å². The van der Waals surface area contributed by atoms with Crippen LogP contribution in [0.5, 0.6) is 11.5 Å². The second kappa shape index (κ2) is 9.52. The molecule has 0 saturated heterocycles. The zero-order chi connectivity index (χ0) is 19.9. The largest absolute Gasteiger partial charge is 0.493 e. The number of aromatic nitrogens is 3. The Labute approximate surface area is 173 Å². The molecule has 8 heteroatoms. The Balaban J connectivity index is 1.90. The standard InChI is InChI=1S/C20H21ClN4O2S/c1-3-7-18-23-24-20(28)25(18)22-12-14-9-6-11-17(26-2)19(14)27-13-15-8-4-5-10-16(15)21/h4-6,8-12H,3,7,13H2,1-2H3,(H,24,28)/b22-12+. The Morgan fingerprint density at radius 2 is 2.07 bits per heavy atom. The number of para-hydroxylation sites is 1. The van der Waals surface area contributed by atoms with E-state index in [0.29, 0.717) is 27.9 Å². The quantitative estimate of drug-likeness (QED) is 0.413. The lowest BCUT2D eigenvalue weighted by molar-refractivity contribution is 0.284. The topological polar surface area (TPSA) is 64.4 Å². The summed E-state index contributed by atoms with van der Waals surface area (Å²) in [5, 5.41) is 12.2. The molecule has 1 aromatic heterocycles. The Morgan fingerprint density at radius 1 is 1.25 bits per heavy atom. The maximum atomic E-state index is 6.23. The fraction of sp³-hybridized carbons (Fsp3) is 0.250. The van der Waals surface area contributed by atoms with Crippen molar-refractivity contribution in [3.63, 3.8) is 0 Å². The molecular formula is C20H21ClN4O2S. The van der Waals surface area contributed by atoms with Gasteiger partial charge in [0.05, 0.1) is 13.3 Å². The summed E-state index contributed by atoms with van der Waals surface area (Å²) in [6, 6.07) is 13.2. The first-order chi connectivity index (χ1) is 13.6. The smallest absolute Gasteiger partial charge is 0.216 e. The zero-order valence-corrected chi connectivity index (χ0v) is 17.3. The van der Waals surface area contributed by atoms with Crippen LogP contribution in [0.1, 0.15) is 30.3 Å². The van der Waals surface area contributed by atoms with Crippen LogP contribution in [0, 0.1) is 4.77 Å². The molecule has 0 spiro atoms. The van der Waals surface area contributed by atoms with Gasteiger partial charge in [0.1, 0.15) is 6.61 Å². The average molecular weight is 417 g/mol. The van der Waals surface area contributed by atoms with Crippen molar-refractivity contribution in [1.29, 1.82) is 0 Å². The summed E-state index contributed by atoms with van der Waals surface area (Å²) in [4.78, 5) is 0. The van der Waals surface area contributed by atoms with Gasteiger partial charge in [0.2, 0.25) is 4.77 Å². The Bertz CT molecular complexity index is 1030. The number of nitrogens with zero attached hydrogens (tertiary/aromatic N) is 3. The van der Waals surface area contributed by atoms with Crippen molar-refractivity contribution in [2.45, 2.75) is 26.4 Å². The number of aryl methyl sites for hydroxylation is 1. The fourth-order valence-electron chi connectivity index (χ4n) is 2.66. The fourth-order valence-corrected chi connectivity index (χ4v) is 3.05. The molecule has 0 atom stereocenters. The molecule has 0 saturated carbocycles. The van der Waals surface area contributed by atoms with Crippen molar-refractivity contribution in [2.75, 3.05) is 7.11 Å². The molecule has 28 heavy (non-hydrogen) atoms. The van der Waals surface area contributed by atoms with Gasteiger partial charge >= 0.3 is 0 Å². The summed E-state index contributed by atoms with van der Waals surface area (Å²) >= 11 is 11.5. The van der Waals surface area contributed by atoms with Crippen LogP contribution in [0.25, 0.3) is 0 Å². The summed E-state index contributed by atoms with van der Waals surface area (Å²) in [5.74, 6) is 1.98. The van der Waals surface area contributed by atoms with Crippen molar-refractivity contribution in [2.24, 2.45) is 5.10 Å². The number of halogens is 1. The summed E-state index contributed by atoms with van der Waals surface area (Å²) in [6.07, 6.45) is 3.41. The lowest BCUT2D eigenvalue weighted by Crippen LogP contribution is -2.03. The molecule has 0 aliphatic heterocycles. The molecule has 0 bridgehead atoms. The molecule has 1 N–H and O–H groups in total. The molecule has 6 nitrogen and oxygen atoms in total. The Kier molecular flexibility index (Phi) is 6.84. The van der Waals surface area contributed by atoms with Gasteiger partial charge in [-0.25, -0.2) is 0 Å². The predicted octanol–water partition coefficient (Wildman–Crippen LogP) is 5.02. The number of rotatable bonds is 8. The molecule has 2 aromatic carbocycles. The third-order valence-electron chi connectivity index (χ3n) is 4.06. The maximum Gasteiger partial charge on any atom is 0.216 e. The van der Waals surface area contributed by atoms with Gasteiger partial charge in [-0.1, -0.05) is 42.8 Å². The van der Waals surface area contributed by atoms with Crippen LogP contribution in [0.15, 0.2) is 47.6 Å². The highest BCUT2D eigenvalue weighted by atomic mass is 35.5. The van der Waals surface area contributed by atoms with Crippen LogP contribution in [-0.2, 0) is 13.0 Å². The van der Waals surface area contributed by atoms with Gasteiger partial charge in [0, 0.05) is 22.6 Å². The molecule has 3 aromatic rings. The Hall–Kier alpha value is -2.64. The molecule has 1 heterocycles. The second-order valence-electron chi connectivity index (χ2n) is 6.01. The lowest BCUT2D eigenvalue weighted by Gasteiger charge is -2.14. The SMILES string of the molecule is CCCc1n[nH]c(=S)n1/N=C/c1cccc(OC)c1OCc1ccccc1Cl. The second-order valence-corrected chi connectivity index (χ2v) is 6.80. The summed E-state index contributed by atoms with van der Waals surface area (Å²) in [7, 11) is 1.60. The number of H-pyrrole nitrogens is 1. The van der Waals surface area contributed by atoms with E-state index in [4.69, 9.17) is 33.3 Å². The van der Waals surface area contributed by atoms with Gasteiger partial charge in [-0.15, -0.1) is 0 Å². The lowest BCUT2D eigenvalue weighted by atomic mass is 10.2. The van der Waals surface area contributed by atoms with E-state index in [1.807, 2.05) is 42.5 Å². The number of ether oxygens (including phenoxy) is 2. The predicted molar refractivity (Wildman–Crippen MR) is 113 cm³/mol. The van der Waals surface area contributed by atoms with Crippen molar-refractivity contribution >= 4 is 30.0 Å². The van der Waals surface area contributed by atoms with Gasteiger partial charge in [-0.3, -0.25) is 5.10 Å². The van der Waals surface area contributed by atoms with E-state index in [0.717, 1.165) is 29.8 Å². The van der Waals surface area contributed by atoms with Crippen LogP contribution in [0.2, 0.25) is 5.02 Å². The maximum absolute atomic E-state index is 6.23. The van der Waals surface area contributed by atoms with E-state index in [2.05, 4.69) is 22.2 Å². The minimum absolute atomic E-state index is 0.313. The number of methoxy groups -OCH3 is 1. The molecular weight excluding hydrogens is 396 g/mol. The summed E-state index contributed by atoms with van der Waals surface area (Å²) in [6.45, 7) is 2.39. The third kappa shape index (κ3) is 4.61. The molecule has 0 amide bonds. The molecule has 0 fully saturated rings. The minimum atomic E-state index is 0.313. The van der Waals surface area contributed by atoms with E-state index in [1.54, 1.807) is 18.0 Å². The molecule has 3 rings (SSSR count). The normalized spacial score (nSPS) is 11.1. The average Bonchev–Trinajstić information content (AvgIpc) is 3.05.